The highest BCUT2D eigenvalue weighted by Gasteiger charge is 2.37. The topological polar surface area (TPSA) is 288 Å². The van der Waals surface area contributed by atoms with Gasteiger partial charge in [-0.1, -0.05) is 48.5 Å². The van der Waals surface area contributed by atoms with Crippen molar-refractivity contribution in [3.05, 3.63) is 90.1 Å². The maximum atomic E-state index is 13.8. The third-order valence-electron chi connectivity index (χ3n) is 9.69. The Hall–Kier alpha value is -6.27. The number of imidazole rings is 1. The fourth-order valence-corrected chi connectivity index (χ4v) is 6.67. The number of para-hydroxylation sites is 1. The van der Waals surface area contributed by atoms with Crippen LogP contribution in [0.25, 0.3) is 10.9 Å². The molecule has 5 atom stereocenters. The Bertz CT molecular complexity index is 1950. The van der Waals surface area contributed by atoms with Gasteiger partial charge < -0.3 is 48.0 Å². The molecule has 5 rings (SSSR count). The largest absolute Gasteiger partial charge is 0.368 e. The van der Waals surface area contributed by atoms with Gasteiger partial charge in [0.1, 0.15) is 24.2 Å². The number of primary amides is 1. The number of amides is 7. The van der Waals surface area contributed by atoms with E-state index in [2.05, 4.69) is 41.8 Å². The maximum absolute atomic E-state index is 13.8. The van der Waals surface area contributed by atoms with Gasteiger partial charge in [0.25, 0.3) is 5.91 Å². The van der Waals surface area contributed by atoms with Gasteiger partial charge in [-0.15, -0.1) is 0 Å². The number of fused-ring (bicyclic) bond motifs is 1. The monoisotopic (exact) mass is 770 g/mol. The van der Waals surface area contributed by atoms with Gasteiger partial charge in [-0.25, -0.2) is 15.2 Å². The Kier molecular flexibility index (Phi) is 14.5. The number of aromatic amines is 2. The van der Waals surface area contributed by atoms with Crippen LogP contribution in [0.4, 0.5) is 4.79 Å². The van der Waals surface area contributed by atoms with Crippen LogP contribution < -0.4 is 44.0 Å². The first kappa shape index (κ1) is 40.9. The minimum atomic E-state index is -1.15. The lowest BCUT2D eigenvalue weighted by Crippen LogP contribution is -2.60. The Morgan fingerprint density at radius 3 is 2.29 bits per heavy atom. The molecule has 13 N–H and O–H groups in total. The number of hydrogen-bond donors (Lipinski definition) is 10. The second-order valence-electron chi connectivity index (χ2n) is 13.8. The summed E-state index contributed by atoms with van der Waals surface area (Å²) in [6.07, 6.45) is 7.36. The number of benzene rings is 2. The van der Waals surface area contributed by atoms with Crippen molar-refractivity contribution in [2.24, 2.45) is 17.2 Å². The Balaban J connectivity index is 1.24. The molecule has 1 aliphatic heterocycles. The standard InChI is InChI=1S/C38H50N12O6/c39-15-7-6-13-29(33(41)51)45-35(53)30(17-23-9-2-1-3-10-23)47-37(55)32-14-8-16-50(32)38(56)49-48-36(54)31(18-24-20-43-28-12-5-4-11-26(24)28)46-34(52)27(40)19-25-21-42-22-44-25/h1-5,9-12,20-22,27,29-32,43H,6-8,13-19,39-40H2,(H2,41,51)(H,42,44)(H,45,53)(H,46,52)(H,47,55)(H,48,54)(H,49,56)/t27-,29-,30+,31+,32?/m0/s1. The van der Waals surface area contributed by atoms with Gasteiger partial charge in [-0.2, -0.15) is 0 Å². The van der Waals surface area contributed by atoms with Crippen molar-refractivity contribution in [1.82, 2.24) is 46.7 Å². The Morgan fingerprint density at radius 1 is 0.821 bits per heavy atom. The molecule has 7 amide bonds. The average Bonchev–Trinajstić information content (AvgIpc) is 3.98. The number of nitrogens with two attached hydrogens (primary N) is 3. The van der Waals surface area contributed by atoms with Crippen LogP contribution in [0.3, 0.4) is 0 Å². The number of hydrazine groups is 1. The van der Waals surface area contributed by atoms with Gasteiger partial charge >= 0.3 is 6.03 Å². The molecule has 18 nitrogen and oxygen atoms in total. The lowest BCUT2D eigenvalue weighted by molar-refractivity contribution is -0.132. The molecule has 1 fully saturated rings. The predicted octanol–water partition coefficient (Wildman–Crippen LogP) is -0.480. The van der Waals surface area contributed by atoms with Crippen molar-refractivity contribution in [3.63, 3.8) is 0 Å². The highest BCUT2D eigenvalue weighted by molar-refractivity contribution is 5.95. The van der Waals surface area contributed by atoms with Crippen LogP contribution in [-0.4, -0.2) is 98.7 Å². The second-order valence-corrected chi connectivity index (χ2v) is 13.8. The molecular formula is C38H50N12O6. The van der Waals surface area contributed by atoms with Gasteiger partial charge in [0.15, 0.2) is 0 Å². The summed E-state index contributed by atoms with van der Waals surface area (Å²) in [7, 11) is 0. The van der Waals surface area contributed by atoms with E-state index in [1.54, 1.807) is 36.7 Å². The first-order chi connectivity index (χ1) is 27.0. The summed E-state index contributed by atoms with van der Waals surface area (Å²) in [6, 6.07) is 10.6. The lowest BCUT2D eigenvalue weighted by atomic mass is 10.0. The zero-order valence-corrected chi connectivity index (χ0v) is 31.0. The fraction of sp³-hybridized carbons (Fsp3) is 0.395. The average molecular weight is 771 g/mol. The predicted molar refractivity (Wildman–Crippen MR) is 207 cm³/mol. The van der Waals surface area contributed by atoms with E-state index in [0.29, 0.717) is 37.9 Å². The number of carbonyl (C=O) groups is 6. The van der Waals surface area contributed by atoms with Crippen molar-refractivity contribution in [2.75, 3.05) is 13.1 Å². The van der Waals surface area contributed by atoms with E-state index in [-0.39, 0.29) is 32.2 Å². The van der Waals surface area contributed by atoms with Crippen LogP contribution in [-0.2, 0) is 43.2 Å². The molecule has 3 heterocycles. The Labute approximate surface area is 323 Å². The molecule has 1 saturated heterocycles. The minimum absolute atomic E-state index is 0.0669. The molecule has 0 aliphatic carbocycles. The molecule has 0 bridgehead atoms. The zero-order chi connectivity index (χ0) is 40.0. The van der Waals surface area contributed by atoms with E-state index < -0.39 is 65.8 Å². The number of rotatable bonds is 18. The molecule has 18 heteroatoms. The van der Waals surface area contributed by atoms with E-state index in [4.69, 9.17) is 17.2 Å². The summed E-state index contributed by atoms with van der Waals surface area (Å²) >= 11 is 0. The van der Waals surface area contributed by atoms with E-state index >= 15 is 0 Å². The van der Waals surface area contributed by atoms with Crippen LogP contribution >= 0.6 is 0 Å². The molecule has 298 valence electrons. The molecule has 0 radical (unpaired) electrons. The highest BCUT2D eigenvalue weighted by atomic mass is 16.2. The quantitative estimate of drug-likeness (QED) is 0.0461. The van der Waals surface area contributed by atoms with E-state index in [1.165, 1.54) is 11.2 Å². The van der Waals surface area contributed by atoms with Crippen LogP contribution in [0.5, 0.6) is 0 Å². The fourth-order valence-electron chi connectivity index (χ4n) is 6.67. The second kappa shape index (κ2) is 19.9. The molecule has 2 aromatic carbocycles. The normalized spacial score (nSPS) is 16.0. The molecule has 0 saturated carbocycles. The number of carbonyl (C=O) groups excluding carboxylic acids is 6. The third-order valence-corrected chi connectivity index (χ3v) is 9.69. The number of unbranched alkanes of at least 4 members (excludes halogenated alkanes) is 1. The summed E-state index contributed by atoms with van der Waals surface area (Å²) in [5.74, 6) is -3.21. The summed E-state index contributed by atoms with van der Waals surface area (Å²) in [5, 5.41) is 9.01. The van der Waals surface area contributed by atoms with Gasteiger partial charge in [-0.05, 0) is 55.8 Å². The van der Waals surface area contributed by atoms with Crippen molar-refractivity contribution in [1.29, 1.82) is 0 Å². The van der Waals surface area contributed by atoms with Gasteiger partial charge in [0, 0.05) is 54.8 Å². The summed E-state index contributed by atoms with van der Waals surface area (Å²) in [5.41, 5.74) is 25.1. The van der Waals surface area contributed by atoms with Crippen LogP contribution in [0, 0.1) is 0 Å². The number of nitrogens with zero attached hydrogens (tertiary/aromatic N) is 2. The van der Waals surface area contributed by atoms with Gasteiger partial charge in [-0.3, -0.25) is 29.4 Å². The third kappa shape index (κ3) is 11.1. The zero-order valence-electron chi connectivity index (χ0n) is 31.0. The number of hydrogen-bond acceptors (Lipinski definition) is 9. The first-order valence-corrected chi connectivity index (χ1v) is 18.6. The lowest BCUT2D eigenvalue weighted by Gasteiger charge is -2.28. The Morgan fingerprint density at radius 2 is 1.55 bits per heavy atom. The smallest absolute Gasteiger partial charge is 0.336 e. The van der Waals surface area contributed by atoms with Crippen molar-refractivity contribution in [2.45, 2.75) is 81.6 Å². The molecule has 2 aromatic heterocycles. The van der Waals surface area contributed by atoms with Gasteiger partial charge in [0.2, 0.25) is 23.6 Å². The van der Waals surface area contributed by atoms with Crippen LogP contribution in [0.15, 0.2) is 73.3 Å². The molecule has 0 spiro atoms. The van der Waals surface area contributed by atoms with E-state index in [0.717, 1.165) is 22.0 Å². The molecule has 56 heavy (non-hydrogen) atoms. The SMILES string of the molecule is NCCCC[C@H](NC(=O)[C@@H](Cc1ccccc1)NC(=O)C1CCCN1C(=O)NNC(=O)[C@@H](Cc1c[nH]c2ccccc12)NC(=O)[C@@H](N)Cc1cnc[nH]1)C(N)=O. The molecule has 1 aliphatic rings. The summed E-state index contributed by atoms with van der Waals surface area (Å²) in [6.45, 7) is 0.615. The van der Waals surface area contributed by atoms with Gasteiger partial charge in [0.05, 0.1) is 12.4 Å². The van der Waals surface area contributed by atoms with Crippen LogP contribution in [0.1, 0.15) is 48.9 Å². The van der Waals surface area contributed by atoms with E-state index in [1.807, 2.05) is 30.3 Å². The number of nitrogens with one attached hydrogen (secondary N) is 7. The first-order valence-electron chi connectivity index (χ1n) is 18.6. The highest BCUT2D eigenvalue weighted by Crippen LogP contribution is 2.20. The minimum Gasteiger partial charge on any atom is -0.368 e. The number of likely N-dealkylation sites (tertiary alicyclic amines) is 1. The molecule has 1 unspecified atom stereocenters. The summed E-state index contributed by atoms with van der Waals surface area (Å²) < 4.78 is 0. The maximum Gasteiger partial charge on any atom is 0.336 e. The van der Waals surface area contributed by atoms with Crippen molar-refractivity contribution in [3.8, 4) is 0 Å². The number of aromatic nitrogens is 3. The molecule has 4 aromatic rings. The van der Waals surface area contributed by atoms with Crippen molar-refractivity contribution >= 4 is 46.5 Å². The number of urea groups is 1. The van der Waals surface area contributed by atoms with Crippen molar-refractivity contribution < 1.29 is 28.8 Å². The summed E-state index contributed by atoms with van der Waals surface area (Å²) in [4.78, 5) is 91.0. The number of H-pyrrole nitrogens is 2. The van der Waals surface area contributed by atoms with E-state index in [9.17, 15) is 28.8 Å². The molecular weight excluding hydrogens is 720 g/mol. The van der Waals surface area contributed by atoms with Crippen LogP contribution in [0.2, 0.25) is 0 Å².